The molecule has 0 unspecified atom stereocenters. The van der Waals surface area contributed by atoms with Crippen molar-refractivity contribution in [1.29, 1.82) is 0 Å². The van der Waals surface area contributed by atoms with Gasteiger partial charge in [0, 0.05) is 25.5 Å². The summed E-state index contributed by atoms with van der Waals surface area (Å²) in [5, 5.41) is 12.8. The molecule has 1 aromatic heterocycles. The van der Waals surface area contributed by atoms with Crippen molar-refractivity contribution in [2.45, 2.75) is 0 Å². The lowest BCUT2D eigenvalue weighted by molar-refractivity contribution is 0.0950. The van der Waals surface area contributed by atoms with Crippen LogP contribution in [0.4, 0.5) is 5.69 Å². The SMILES string of the molecule is CN(CCO)c1ccc(C=NNC(=O)c2ccccn2)cc1. The fourth-order valence-corrected chi connectivity index (χ4v) is 1.81. The van der Waals surface area contributed by atoms with Crippen molar-refractivity contribution in [3.63, 3.8) is 0 Å². The smallest absolute Gasteiger partial charge is 0.289 e. The molecule has 1 heterocycles. The Morgan fingerprint density at radius 3 is 2.73 bits per heavy atom. The highest BCUT2D eigenvalue weighted by Gasteiger charge is 2.03. The first kappa shape index (κ1) is 15.7. The molecule has 22 heavy (non-hydrogen) atoms. The number of aromatic nitrogens is 1. The van der Waals surface area contributed by atoms with E-state index in [0.717, 1.165) is 11.3 Å². The summed E-state index contributed by atoms with van der Waals surface area (Å²) >= 11 is 0. The first-order chi connectivity index (χ1) is 10.7. The first-order valence-electron chi connectivity index (χ1n) is 6.87. The summed E-state index contributed by atoms with van der Waals surface area (Å²) in [5.41, 5.74) is 4.62. The molecule has 2 aromatic rings. The lowest BCUT2D eigenvalue weighted by Gasteiger charge is -2.17. The number of aliphatic hydroxyl groups is 1. The van der Waals surface area contributed by atoms with E-state index in [1.807, 2.05) is 36.2 Å². The lowest BCUT2D eigenvalue weighted by Crippen LogP contribution is -2.21. The average Bonchev–Trinajstić information content (AvgIpc) is 2.56. The summed E-state index contributed by atoms with van der Waals surface area (Å²) in [6.45, 7) is 0.687. The number of hydrogen-bond acceptors (Lipinski definition) is 5. The third kappa shape index (κ3) is 4.39. The number of nitrogens with zero attached hydrogens (tertiary/aromatic N) is 3. The second kappa shape index (κ2) is 7.90. The first-order valence-corrected chi connectivity index (χ1v) is 6.87. The Morgan fingerprint density at radius 2 is 2.09 bits per heavy atom. The van der Waals surface area contributed by atoms with Crippen LogP contribution in [0.1, 0.15) is 16.1 Å². The zero-order valence-corrected chi connectivity index (χ0v) is 12.3. The van der Waals surface area contributed by atoms with E-state index in [0.29, 0.717) is 12.2 Å². The summed E-state index contributed by atoms with van der Waals surface area (Å²) < 4.78 is 0. The van der Waals surface area contributed by atoms with Gasteiger partial charge in [-0.05, 0) is 29.8 Å². The van der Waals surface area contributed by atoms with E-state index < -0.39 is 0 Å². The Kier molecular flexibility index (Phi) is 5.62. The van der Waals surface area contributed by atoms with E-state index in [1.54, 1.807) is 30.6 Å². The molecule has 2 N–H and O–H groups in total. The van der Waals surface area contributed by atoms with Crippen LogP contribution in [0.2, 0.25) is 0 Å². The third-order valence-corrected chi connectivity index (χ3v) is 3.05. The number of rotatable bonds is 6. The van der Waals surface area contributed by atoms with Gasteiger partial charge in [0.05, 0.1) is 12.8 Å². The molecule has 0 saturated carbocycles. The van der Waals surface area contributed by atoms with Crippen LogP contribution in [0.5, 0.6) is 0 Å². The van der Waals surface area contributed by atoms with E-state index in [1.165, 1.54) is 0 Å². The molecule has 6 heteroatoms. The van der Waals surface area contributed by atoms with Crippen LogP contribution in [-0.2, 0) is 0 Å². The molecule has 0 radical (unpaired) electrons. The zero-order valence-electron chi connectivity index (χ0n) is 12.3. The summed E-state index contributed by atoms with van der Waals surface area (Å²) in [6, 6.07) is 12.7. The maximum Gasteiger partial charge on any atom is 0.289 e. The number of carbonyl (C=O) groups is 1. The number of carbonyl (C=O) groups excluding carboxylic acids is 1. The number of hydrogen-bond donors (Lipinski definition) is 2. The van der Waals surface area contributed by atoms with Crippen LogP contribution in [0.3, 0.4) is 0 Å². The molecular formula is C16H18N4O2. The molecule has 0 saturated heterocycles. The normalized spacial score (nSPS) is 10.6. The van der Waals surface area contributed by atoms with Crippen LogP contribution < -0.4 is 10.3 Å². The van der Waals surface area contributed by atoms with Gasteiger partial charge >= 0.3 is 0 Å². The summed E-state index contributed by atoms with van der Waals surface area (Å²) in [4.78, 5) is 17.6. The highest BCUT2D eigenvalue weighted by Crippen LogP contribution is 2.12. The third-order valence-electron chi connectivity index (χ3n) is 3.05. The fraction of sp³-hybridized carbons (Fsp3) is 0.188. The number of nitrogens with one attached hydrogen (secondary N) is 1. The van der Waals surface area contributed by atoms with E-state index in [-0.39, 0.29) is 12.5 Å². The molecular weight excluding hydrogens is 280 g/mol. The minimum absolute atomic E-state index is 0.110. The lowest BCUT2D eigenvalue weighted by atomic mass is 10.2. The van der Waals surface area contributed by atoms with Gasteiger partial charge < -0.3 is 10.0 Å². The largest absolute Gasteiger partial charge is 0.395 e. The van der Waals surface area contributed by atoms with Gasteiger partial charge in [-0.1, -0.05) is 18.2 Å². The van der Waals surface area contributed by atoms with E-state index in [4.69, 9.17) is 5.11 Å². The minimum atomic E-state index is -0.351. The van der Waals surface area contributed by atoms with Gasteiger partial charge in [-0.25, -0.2) is 5.43 Å². The molecule has 0 atom stereocenters. The topological polar surface area (TPSA) is 77.8 Å². The molecule has 0 bridgehead atoms. The Labute approximate surface area is 129 Å². The fourth-order valence-electron chi connectivity index (χ4n) is 1.81. The maximum absolute atomic E-state index is 11.7. The highest BCUT2D eigenvalue weighted by atomic mass is 16.3. The predicted octanol–water partition coefficient (Wildman–Crippen LogP) is 1.27. The number of benzene rings is 1. The summed E-state index contributed by atoms with van der Waals surface area (Å²) in [7, 11) is 1.91. The van der Waals surface area contributed by atoms with Crippen molar-refractivity contribution in [3.8, 4) is 0 Å². The standard InChI is InChI=1S/C16H18N4O2/c1-20(10-11-21)14-7-5-13(6-8-14)12-18-19-16(22)15-4-2-3-9-17-15/h2-9,12,21H,10-11H2,1H3,(H,19,22). The summed E-state index contributed by atoms with van der Waals surface area (Å²) in [5.74, 6) is -0.351. The molecule has 1 aromatic carbocycles. The molecule has 0 aliphatic rings. The van der Waals surface area contributed by atoms with Gasteiger partial charge in [-0.3, -0.25) is 9.78 Å². The maximum atomic E-state index is 11.7. The van der Waals surface area contributed by atoms with Crippen molar-refractivity contribution in [2.24, 2.45) is 5.10 Å². The van der Waals surface area contributed by atoms with Crippen molar-refractivity contribution < 1.29 is 9.90 Å². The minimum Gasteiger partial charge on any atom is -0.395 e. The van der Waals surface area contributed by atoms with E-state index in [9.17, 15) is 4.79 Å². The molecule has 2 rings (SSSR count). The molecule has 0 spiro atoms. The number of pyridine rings is 1. The quantitative estimate of drug-likeness (QED) is 0.622. The number of anilines is 1. The van der Waals surface area contributed by atoms with E-state index >= 15 is 0 Å². The second-order valence-corrected chi connectivity index (χ2v) is 4.65. The van der Waals surface area contributed by atoms with Crippen molar-refractivity contribution in [3.05, 3.63) is 59.9 Å². The average molecular weight is 298 g/mol. The van der Waals surface area contributed by atoms with Crippen LogP contribution in [0.25, 0.3) is 0 Å². The monoisotopic (exact) mass is 298 g/mol. The molecule has 114 valence electrons. The van der Waals surface area contributed by atoms with E-state index in [2.05, 4.69) is 15.5 Å². The highest BCUT2D eigenvalue weighted by molar-refractivity contribution is 5.93. The van der Waals surface area contributed by atoms with Gasteiger partial charge in [0.1, 0.15) is 5.69 Å². The van der Waals surface area contributed by atoms with Crippen molar-refractivity contribution in [1.82, 2.24) is 10.4 Å². The van der Waals surface area contributed by atoms with Gasteiger partial charge in [0.25, 0.3) is 5.91 Å². The van der Waals surface area contributed by atoms with Crippen LogP contribution in [0, 0.1) is 0 Å². The van der Waals surface area contributed by atoms with Crippen molar-refractivity contribution in [2.75, 3.05) is 25.1 Å². The molecule has 0 aliphatic carbocycles. The predicted molar refractivity (Wildman–Crippen MR) is 86.1 cm³/mol. The van der Waals surface area contributed by atoms with Crippen molar-refractivity contribution >= 4 is 17.8 Å². The number of likely N-dealkylation sites (N-methyl/N-ethyl adjacent to an activating group) is 1. The Hall–Kier alpha value is -2.73. The Morgan fingerprint density at radius 1 is 1.32 bits per heavy atom. The van der Waals surface area contributed by atoms with Crippen LogP contribution in [0.15, 0.2) is 53.8 Å². The van der Waals surface area contributed by atoms with Crippen LogP contribution >= 0.6 is 0 Å². The number of aliphatic hydroxyl groups excluding tert-OH is 1. The van der Waals surface area contributed by atoms with Gasteiger partial charge in [0.15, 0.2) is 0 Å². The molecule has 6 nitrogen and oxygen atoms in total. The number of amides is 1. The molecule has 1 amide bonds. The number of hydrazone groups is 1. The van der Waals surface area contributed by atoms with Crippen LogP contribution in [-0.4, -0.2) is 42.4 Å². The van der Waals surface area contributed by atoms with Gasteiger partial charge in [-0.15, -0.1) is 0 Å². The van der Waals surface area contributed by atoms with Gasteiger partial charge in [-0.2, -0.15) is 5.10 Å². The summed E-state index contributed by atoms with van der Waals surface area (Å²) in [6.07, 6.45) is 3.12. The van der Waals surface area contributed by atoms with Gasteiger partial charge in [0.2, 0.25) is 0 Å². The Balaban J connectivity index is 1.92. The molecule has 0 aliphatic heterocycles. The zero-order chi connectivity index (χ0) is 15.8. The molecule has 0 fully saturated rings. The second-order valence-electron chi connectivity index (χ2n) is 4.65. The Bertz CT molecular complexity index is 626.